The molecule has 0 radical (unpaired) electrons. The number of halogens is 2. The number of ether oxygens (including phenoxy) is 1. The predicted octanol–water partition coefficient (Wildman–Crippen LogP) is 6.12. The second kappa shape index (κ2) is 23.4. The molecule has 4 aliphatic heterocycles. The van der Waals surface area contributed by atoms with Crippen LogP contribution in [-0.2, 0) is 21.4 Å². The van der Waals surface area contributed by atoms with Crippen LogP contribution in [0.4, 0.5) is 16.0 Å². The molecule has 1 spiro atoms. The summed E-state index contributed by atoms with van der Waals surface area (Å²) in [5, 5.41) is 42.2. The monoisotopic (exact) mass is 1130 g/mol. The average Bonchev–Trinajstić information content (AvgIpc) is 3.12. The van der Waals surface area contributed by atoms with E-state index >= 15 is 4.39 Å². The fraction of sp³-hybridized carbons (Fsp3) is 0.452. The maximum absolute atomic E-state index is 17.3. The highest BCUT2D eigenvalue weighted by atomic mass is 35.5. The van der Waals surface area contributed by atoms with Crippen molar-refractivity contribution in [2.45, 2.75) is 95.4 Å². The number of aliphatic hydroxyl groups excluding tert-OH is 2. The van der Waals surface area contributed by atoms with Gasteiger partial charge >= 0.3 is 6.01 Å². The number of ketones is 1. The van der Waals surface area contributed by atoms with Gasteiger partial charge in [-0.3, -0.25) is 24.0 Å². The van der Waals surface area contributed by atoms with E-state index in [9.17, 15) is 29.9 Å². The molecule has 7 heterocycles. The number of aryl methyl sites for hydroxylation is 1. The lowest BCUT2D eigenvalue weighted by Gasteiger charge is -2.54. The Labute approximate surface area is 480 Å². The van der Waals surface area contributed by atoms with E-state index in [-0.39, 0.29) is 109 Å². The number of anilines is 2. The first-order valence-electron chi connectivity index (χ1n) is 28.4. The SMILES string of the molecule is C=CC(=O)N1CCN(c2nc(OCCN3CCC4(CC3)CN(c3cc([C@H](C(=O)N5C[C@H](O)C[C@H]5C(=O)C[C@@H](C)c5ccc(-c6ccnn6C)cc5)C(C)C)on3)C4)nc3c(F)c(C4=c5ccccc5=C[C@@H](O)C4)c(Cl)cc23)C[C@@H]1CC#N. The fourth-order valence-corrected chi connectivity index (χ4v) is 13.3. The van der Waals surface area contributed by atoms with Crippen LogP contribution >= 0.6 is 11.6 Å². The zero-order chi connectivity index (χ0) is 57.6. The van der Waals surface area contributed by atoms with Crippen LogP contribution < -0.4 is 25.0 Å². The van der Waals surface area contributed by atoms with Crippen LogP contribution in [0.25, 0.3) is 33.8 Å². The number of aromatic nitrogens is 5. The molecule has 4 fully saturated rings. The Morgan fingerprint density at radius 1 is 0.988 bits per heavy atom. The standard InChI is InChI=1S/C62H69ClFN11O7/c1-6-54(79)74-24-23-72(33-42(74)15-19-65)59-47-31-48(63)56(46-29-43(76)28-41-9-7-8-10-45(41)46)57(64)58(47)67-61(68-59)81-26-25-71-21-17-62(18-22-71)35-73(36-62)53-32-52(82-69-53)55(37(2)3)60(80)75-34-44(77)30-50(75)51(78)27-38(4)39-11-13-40(14-12-39)49-16-20-66-70(49)5/h6-14,16,20,28,31-32,37-38,42-44,50,55,76-77H,1,15,17-18,21-27,29-30,33-36H2,2-5H3/t38-,42+,43-,44-,50+,55-/m1/s1. The van der Waals surface area contributed by atoms with Gasteiger partial charge < -0.3 is 39.1 Å². The molecule has 20 heteroatoms. The fourth-order valence-electron chi connectivity index (χ4n) is 13.0. The molecule has 0 bridgehead atoms. The number of hydrogen-bond acceptors (Lipinski definition) is 15. The summed E-state index contributed by atoms with van der Waals surface area (Å²) in [6.45, 7) is 14.5. The number of nitriles is 1. The van der Waals surface area contributed by atoms with Gasteiger partial charge in [0.15, 0.2) is 23.2 Å². The summed E-state index contributed by atoms with van der Waals surface area (Å²) < 4.78 is 31.4. The molecule has 2 N–H and O–H groups in total. The summed E-state index contributed by atoms with van der Waals surface area (Å²) in [6, 6.07) is 22.0. The largest absolute Gasteiger partial charge is 0.462 e. The summed E-state index contributed by atoms with van der Waals surface area (Å²) in [5.41, 5.74) is 3.82. The van der Waals surface area contributed by atoms with E-state index in [1.165, 1.54) is 6.08 Å². The Hall–Kier alpha value is -7.50. The van der Waals surface area contributed by atoms with Crippen LogP contribution in [0.3, 0.4) is 0 Å². The molecule has 1 aliphatic carbocycles. The van der Waals surface area contributed by atoms with Gasteiger partial charge in [0.05, 0.1) is 47.5 Å². The summed E-state index contributed by atoms with van der Waals surface area (Å²) in [6.07, 6.45) is 5.60. The van der Waals surface area contributed by atoms with Gasteiger partial charge in [0.25, 0.3) is 0 Å². The number of piperazine rings is 1. The average molecular weight is 1130 g/mol. The third-order valence-electron chi connectivity index (χ3n) is 17.5. The summed E-state index contributed by atoms with van der Waals surface area (Å²) in [5.74, 6) is -0.758. The maximum atomic E-state index is 17.3. The summed E-state index contributed by atoms with van der Waals surface area (Å²) in [4.78, 5) is 60.5. The first-order valence-corrected chi connectivity index (χ1v) is 28.8. The van der Waals surface area contributed by atoms with Crippen LogP contribution in [0.2, 0.25) is 5.02 Å². The number of nitrogens with zero attached hydrogens (tertiary/aromatic N) is 11. The highest BCUT2D eigenvalue weighted by Gasteiger charge is 2.47. The number of amides is 2. The van der Waals surface area contributed by atoms with E-state index in [0.29, 0.717) is 41.4 Å². The molecule has 3 aromatic carbocycles. The first-order chi connectivity index (χ1) is 39.5. The Morgan fingerprint density at radius 2 is 1.76 bits per heavy atom. The Morgan fingerprint density at radius 3 is 2.48 bits per heavy atom. The van der Waals surface area contributed by atoms with Crippen molar-refractivity contribution in [3.05, 3.63) is 124 Å². The molecule has 6 atom stereocenters. The van der Waals surface area contributed by atoms with Crippen LogP contribution in [0.5, 0.6) is 6.01 Å². The number of rotatable bonds is 17. The van der Waals surface area contributed by atoms with Gasteiger partial charge in [-0.25, -0.2) is 4.39 Å². The van der Waals surface area contributed by atoms with E-state index in [2.05, 4.69) is 37.7 Å². The molecule has 3 aromatic heterocycles. The van der Waals surface area contributed by atoms with Gasteiger partial charge in [-0.15, -0.1) is 0 Å². The van der Waals surface area contributed by atoms with Crippen LogP contribution in [0, 0.1) is 28.5 Å². The molecule has 0 unspecified atom stereocenters. The Bertz CT molecular complexity index is 3580. The van der Waals surface area contributed by atoms with Crippen LogP contribution in [-0.4, -0.2) is 157 Å². The maximum Gasteiger partial charge on any atom is 0.319 e. The second-order valence-electron chi connectivity index (χ2n) is 23.3. The van der Waals surface area contributed by atoms with Gasteiger partial charge in [0.2, 0.25) is 11.8 Å². The van der Waals surface area contributed by atoms with Gasteiger partial charge in [0.1, 0.15) is 23.9 Å². The molecule has 11 rings (SSSR count). The van der Waals surface area contributed by atoms with Gasteiger partial charge in [0, 0.05) is 101 Å². The molecule has 428 valence electrons. The lowest BCUT2D eigenvalue weighted by molar-refractivity contribution is -0.140. The minimum absolute atomic E-state index is 0.00307. The number of fused-ring (bicyclic) bond motifs is 2. The van der Waals surface area contributed by atoms with Crippen molar-refractivity contribution in [3.8, 4) is 23.3 Å². The molecule has 18 nitrogen and oxygen atoms in total. The molecule has 6 aromatic rings. The van der Waals surface area contributed by atoms with Crippen molar-refractivity contribution >= 4 is 63.4 Å². The second-order valence-corrected chi connectivity index (χ2v) is 23.7. The van der Waals surface area contributed by atoms with Crippen molar-refractivity contribution < 1.29 is 38.2 Å². The van der Waals surface area contributed by atoms with Crippen LogP contribution in [0.15, 0.2) is 90.1 Å². The molecule has 82 heavy (non-hydrogen) atoms. The predicted molar refractivity (Wildman–Crippen MR) is 309 cm³/mol. The molecule has 5 aliphatic rings. The minimum atomic E-state index is -0.846. The molecule has 0 saturated carbocycles. The van der Waals surface area contributed by atoms with E-state index in [4.69, 9.17) is 25.8 Å². The van der Waals surface area contributed by atoms with Crippen molar-refractivity contribution in [1.29, 1.82) is 5.26 Å². The topological polar surface area (TPSA) is 211 Å². The highest BCUT2D eigenvalue weighted by molar-refractivity contribution is 6.33. The van der Waals surface area contributed by atoms with Crippen molar-refractivity contribution in [2.75, 3.05) is 75.3 Å². The summed E-state index contributed by atoms with van der Waals surface area (Å²) in [7, 11) is 1.90. The van der Waals surface area contributed by atoms with E-state index in [1.807, 2.05) is 98.1 Å². The smallest absolute Gasteiger partial charge is 0.319 e. The van der Waals surface area contributed by atoms with Gasteiger partial charge in [-0.2, -0.15) is 20.3 Å². The highest BCUT2D eigenvalue weighted by Crippen LogP contribution is 2.44. The van der Waals surface area contributed by atoms with Gasteiger partial charge in [-0.1, -0.05) is 92.6 Å². The number of benzene rings is 3. The number of Topliss-reactive ketones (excluding diaryl/α,β-unsaturated/α-hetero) is 1. The molecular formula is C62H69ClFN11O7. The number of hydrogen-bond donors (Lipinski definition) is 2. The normalized spacial score (nSPS) is 21.5. The number of likely N-dealkylation sites (tertiary alicyclic amines) is 2. The number of carbonyl (C=O) groups is 3. The van der Waals surface area contributed by atoms with Crippen molar-refractivity contribution in [1.82, 2.24) is 39.6 Å². The molecule has 2 amide bonds. The summed E-state index contributed by atoms with van der Waals surface area (Å²) >= 11 is 7.01. The van der Waals surface area contributed by atoms with E-state index in [0.717, 1.165) is 66.3 Å². The zero-order valence-corrected chi connectivity index (χ0v) is 47.5. The quantitative estimate of drug-likeness (QED) is 0.0987. The Kier molecular flexibility index (Phi) is 16.1. The third-order valence-corrected chi connectivity index (χ3v) is 17.8. The van der Waals surface area contributed by atoms with E-state index < -0.39 is 36.0 Å². The lowest BCUT2D eigenvalue weighted by Crippen LogP contribution is -2.60. The first kappa shape index (κ1) is 56.4. The number of β-amino-alcohol motifs (C(OH)–C–C–N with tert-alkyl or cyclic N) is 1. The third kappa shape index (κ3) is 11.1. The van der Waals surface area contributed by atoms with Gasteiger partial charge in [-0.05, 0) is 89.2 Å². The Balaban J connectivity index is 0.728. The number of aliphatic hydroxyl groups is 2. The lowest BCUT2D eigenvalue weighted by atomic mass is 9.72. The van der Waals surface area contributed by atoms with Crippen molar-refractivity contribution in [2.24, 2.45) is 18.4 Å². The number of piperidine rings is 1. The minimum Gasteiger partial charge on any atom is -0.462 e. The number of carbonyl (C=O) groups excluding carboxylic acids is 3. The van der Waals surface area contributed by atoms with E-state index in [1.54, 1.807) is 28.1 Å². The molecular weight excluding hydrogens is 1070 g/mol. The van der Waals surface area contributed by atoms with Crippen LogP contribution in [0.1, 0.15) is 88.0 Å². The molecule has 4 saturated heterocycles. The van der Waals surface area contributed by atoms with Crippen molar-refractivity contribution in [3.63, 3.8) is 0 Å². The zero-order valence-electron chi connectivity index (χ0n) is 46.8.